The summed E-state index contributed by atoms with van der Waals surface area (Å²) in [6.45, 7) is 6.52. The second-order valence-corrected chi connectivity index (χ2v) is 11.1. The molecule has 0 saturated carbocycles. The lowest BCUT2D eigenvalue weighted by Gasteiger charge is -2.25. The van der Waals surface area contributed by atoms with E-state index in [1.165, 1.54) is 7.11 Å². The van der Waals surface area contributed by atoms with E-state index in [1.807, 2.05) is 13.0 Å². The zero-order valence-electron chi connectivity index (χ0n) is 27.5. The van der Waals surface area contributed by atoms with Gasteiger partial charge < -0.3 is 39.4 Å². The summed E-state index contributed by atoms with van der Waals surface area (Å²) in [5.74, 6) is 0.529. The summed E-state index contributed by atoms with van der Waals surface area (Å²) in [5.41, 5.74) is 1.36. The van der Waals surface area contributed by atoms with Crippen molar-refractivity contribution in [3.63, 3.8) is 0 Å². The maximum Gasteiger partial charge on any atom is 0.258 e. The maximum absolute atomic E-state index is 13.6. The number of rotatable bonds is 7. The molecule has 1 heterocycles. The Morgan fingerprint density at radius 2 is 1.76 bits per heavy atom. The molecule has 0 spiro atoms. The molecule has 3 rings (SSSR count). The van der Waals surface area contributed by atoms with Crippen LogP contribution in [0, 0.1) is 0 Å². The second kappa shape index (κ2) is 19.3. The smallest absolute Gasteiger partial charge is 0.258 e. The minimum atomic E-state index is -0.744. The van der Waals surface area contributed by atoms with Crippen LogP contribution in [0.5, 0.6) is 17.2 Å². The molecule has 2 aromatic rings. The molecule has 1 aliphatic rings. The van der Waals surface area contributed by atoms with E-state index in [4.69, 9.17) is 18.9 Å². The van der Waals surface area contributed by atoms with Crippen molar-refractivity contribution in [2.24, 2.45) is 0 Å². The SMILES string of the molecule is CCOCCOc1cccc(C(=O)N2CCCCN(C)C(=O)[C@H](C)NC(=O)COc3cc(ccc3OC)CCC(=O)NCCC2)c1. The van der Waals surface area contributed by atoms with Crippen LogP contribution in [-0.2, 0) is 25.5 Å². The molecule has 0 fully saturated rings. The fourth-order valence-electron chi connectivity index (χ4n) is 4.99. The highest BCUT2D eigenvalue weighted by Crippen LogP contribution is 2.28. The number of carbonyl (C=O) groups is 4. The number of fused-ring (bicyclic) bond motifs is 2. The van der Waals surface area contributed by atoms with Crippen molar-refractivity contribution in [2.45, 2.75) is 52.0 Å². The van der Waals surface area contributed by atoms with Crippen molar-refractivity contribution in [2.75, 3.05) is 66.8 Å². The number of aryl methyl sites for hydroxylation is 1. The minimum absolute atomic E-state index is 0.101. The van der Waals surface area contributed by atoms with Gasteiger partial charge in [-0.3, -0.25) is 19.2 Å². The molecule has 0 aromatic heterocycles. The quantitative estimate of drug-likeness (QED) is 0.442. The zero-order valence-corrected chi connectivity index (χ0v) is 27.5. The number of nitrogens with zero attached hydrogens (tertiary/aromatic N) is 2. The van der Waals surface area contributed by atoms with E-state index in [9.17, 15) is 19.2 Å². The Kier molecular flexibility index (Phi) is 15.1. The number of hydrogen-bond acceptors (Lipinski definition) is 8. The first kappa shape index (κ1) is 36.2. The lowest BCUT2D eigenvalue weighted by Crippen LogP contribution is -2.47. The summed E-state index contributed by atoms with van der Waals surface area (Å²) >= 11 is 0. The van der Waals surface area contributed by atoms with Crippen molar-refractivity contribution in [3.05, 3.63) is 53.6 Å². The molecular formula is C34H48N4O8. The first-order valence-corrected chi connectivity index (χ1v) is 15.9. The van der Waals surface area contributed by atoms with Gasteiger partial charge in [0.05, 0.1) is 13.7 Å². The van der Waals surface area contributed by atoms with Gasteiger partial charge in [-0.15, -0.1) is 0 Å². The van der Waals surface area contributed by atoms with Gasteiger partial charge in [0.1, 0.15) is 18.4 Å². The van der Waals surface area contributed by atoms with Crippen LogP contribution in [0.25, 0.3) is 0 Å². The Hall–Kier alpha value is -4.32. The Balaban J connectivity index is 1.71. The Morgan fingerprint density at radius 1 is 0.978 bits per heavy atom. The normalized spacial score (nSPS) is 17.9. The number of ether oxygens (including phenoxy) is 4. The van der Waals surface area contributed by atoms with Crippen LogP contribution in [0.15, 0.2) is 42.5 Å². The molecule has 0 radical (unpaired) electrons. The summed E-state index contributed by atoms with van der Waals surface area (Å²) in [6, 6.07) is 11.7. The highest BCUT2D eigenvalue weighted by atomic mass is 16.5. The number of methoxy groups -OCH3 is 1. The molecule has 0 saturated heterocycles. The first-order valence-electron chi connectivity index (χ1n) is 15.9. The number of carbonyl (C=O) groups excluding carboxylic acids is 4. The number of likely N-dealkylation sites (N-methyl/N-ethyl adjacent to an activating group) is 1. The Bertz CT molecular complexity index is 1300. The van der Waals surface area contributed by atoms with Crippen molar-refractivity contribution in [1.29, 1.82) is 0 Å². The van der Waals surface area contributed by atoms with Gasteiger partial charge in [0.15, 0.2) is 18.1 Å². The highest BCUT2D eigenvalue weighted by Gasteiger charge is 2.21. The van der Waals surface area contributed by atoms with Crippen LogP contribution in [0.1, 0.15) is 55.5 Å². The van der Waals surface area contributed by atoms with E-state index in [1.54, 1.807) is 60.2 Å². The Labute approximate surface area is 271 Å². The number of amides is 4. The van der Waals surface area contributed by atoms with E-state index < -0.39 is 11.9 Å². The molecule has 46 heavy (non-hydrogen) atoms. The predicted octanol–water partition coefficient (Wildman–Crippen LogP) is 2.83. The fraction of sp³-hybridized carbons (Fsp3) is 0.529. The molecule has 4 amide bonds. The maximum atomic E-state index is 13.6. The molecule has 2 aromatic carbocycles. The molecule has 0 aliphatic carbocycles. The molecule has 2 bridgehead atoms. The Morgan fingerprint density at radius 3 is 2.54 bits per heavy atom. The van der Waals surface area contributed by atoms with E-state index in [-0.39, 0.29) is 30.7 Å². The third kappa shape index (κ3) is 11.9. The molecule has 1 atom stereocenters. The van der Waals surface area contributed by atoms with Gasteiger partial charge in [-0.1, -0.05) is 12.1 Å². The fourth-order valence-corrected chi connectivity index (χ4v) is 4.99. The van der Waals surface area contributed by atoms with E-state index in [2.05, 4.69) is 10.6 Å². The number of nitrogens with one attached hydrogen (secondary N) is 2. The summed E-state index contributed by atoms with van der Waals surface area (Å²) in [4.78, 5) is 55.1. The van der Waals surface area contributed by atoms with E-state index in [0.717, 1.165) is 5.56 Å². The number of hydrogen-bond donors (Lipinski definition) is 2. The van der Waals surface area contributed by atoms with E-state index in [0.29, 0.717) is 94.5 Å². The van der Waals surface area contributed by atoms with Gasteiger partial charge in [0.25, 0.3) is 11.8 Å². The van der Waals surface area contributed by atoms with Gasteiger partial charge in [-0.05, 0) is 75.4 Å². The summed E-state index contributed by atoms with van der Waals surface area (Å²) in [7, 11) is 3.20. The van der Waals surface area contributed by atoms with Crippen molar-refractivity contribution >= 4 is 23.6 Å². The largest absolute Gasteiger partial charge is 0.493 e. The second-order valence-electron chi connectivity index (χ2n) is 11.1. The average Bonchev–Trinajstić information content (AvgIpc) is 3.06. The molecule has 1 aliphatic heterocycles. The topological polar surface area (TPSA) is 136 Å². The highest BCUT2D eigenvalue weighted by molar-refractivity contribution is 5.94. The summed E-state index contributed by atoms with van der Waals surface area (Å²) in [6.07, 6.45) is 2.62. The van der Waals surface area contributed by atoms with Crippen LogP contribution in [0.4, 0.5) is 0 Å². The lowest BCUT2D eigenvalue weighted by molar-refractivity contribution is -0.135. The van der Waals surface area contributed by atoms with Crippen LogP contribution in [-0.4, -0.2) is 106 Å². The van der Waals surface area contributed by atoms with Gasteiger partial charge in [0.2, 0.25) is 11.8 Å². The third-order valence-corrected chi connectivity index (χ3v) is 7.52. The van der Waals surface area contributed by atoms with Crippen molar-refractivity contribution in [1.82, 2.24) is 20.4 Å². The first-order chi connectivity index (χ1) is 22.2. The lowest BCUT2D eigenvalue weighted by atomic mass is 10.1. The standard InChI is InChI=1S/C34H48N4O8/c1-5-44-20-21-45-28-11-8-10-27(23-28)34(42)38-18-7-6-17-37(3)33(41)25(2)36-32(40)24-46-30-22-26(12-14-29(30)43-4)13-15-31(39)35-16-9-19-38/h8,10-12,14,22-23,25H,5-7,9,13,15-21,24H2,1-4H3,(H,35,39)(H,36,40)/t25-/m0/s1. The summed E-state index contributed by atoms with van der Waals surface area (Å²) < 4.78 is 22.2. The summed E-state index contributed by atoms with van der Waals surface area (Å²) in [5, 5.41) is 5.64. The van der Waals surface area contributed by atoms with Gasteiger partial charge in [0, 0.05) is 51.8 Å². The van der Waals surface area contributed by atoms with Crippen molar-refractivity contribution in [3.8, 4) is 17.2 Å². The zero-order chi connectivity index (χ0) is 33.3. The van der Waals surface area contributed by atoms with Crippen LogP contribution in [0.3, 0.4) is 0 Å². The minimum Gasteiger partial charge on any atom is -0.493 e. The van der Waals surface area contributed by atoms with Crippen LogP contribution in [0.2, 0.25) is 0 Å². The molecule has 0 unspecified atom stereocenters. The van der Waals surface area contributed by atoms with Crippen LogP contribution >= 0.6 is 0 Å². The average molecular weight is 641 g/mol. The molecule has 12 nitrogen and oxygen atoms in total. The van der Waals surface area contributed by atoms with Gasteiger partial charge in [-0.2, -0.15) is 0 Å². The molecular weight excluding hydrogens is 592 g/mol. The number of benzene rings is 2. The molecule has 2 N–H and O–H groups in total. The van der Waals surface area contributed by atoms with Gasteiger partial charge >= 0.3 is 0 Å². The molecule has 252 valence electrons. The van der Waals surface area contributed by atoms with Crippen molar-refractivity contribution < 1.29 is 38.1 Å². The monoisotopic (exact) mass is 640 g/mol. The third-order valence-electron chi connectivity index (χ3n) is 7.52. The van der Waals surface area contributed by atoms with E-state index >= 15 is 0 Å². The predicted molar refractivity (Wildman–Crippen MR) is 173 cm³/mol. The molecule has 12 heteroatoms. The van der Waals surface area contributed by atoms with Crippen LogP contribution < -0.4 is 24.8 Å². The van der Waals surface area contributed by atoms with Gasteiger partial charge in [-0.25, -0.2) is 0 Å².